The molecule has 3 heterocycles. The normalized spacial score (nSPS) is 13.2. The molecule has 0 bridgehead atoms. The van der Waals surface area contributed by atoms with Crippen molar-refractivity contribution in [3.63, 3.8) is 0 Å². The van der Waals surface area contributed by atoms with Gasteiger partial charge in [0.25, 0.3) is 0 Å². The number of hydrogen-bond acceptors (Lipinski definition) is 2. The first-order valence-corrected chi connectivity index (χ1v) is 19.7. The average molecular weight is 729 g/mol. The SMILES string of the molecule is CC1(C)c2ccccc2-c2c1c1cc(-c3ccc4c(c3)c3ccccc3n4-c3ccccc3)ccc1n2-c1nc(-c2ccccc2)c2ccc3ccccc3c2n1. The summed E-state index contributed by atoms with van der Waals surface area (Å²) in [6.07, 6.45) is 0. The molecule has 0 saturated heterocycles. The van der Waals surface area contributed by atoms with Crippen molar-refractivity contribution >= 4 is 54.4 Å². The van der Waals surface area contributed by atoms with Crippen LogP contribution in [0, 0.1) is 0 Å². The second-order valence-corrected chi connectivity index (χ2v) is 15.8. The fourth-order valence-corrected chi connectivity index (χ4v) is 9.71. The monoisotopic (exact) mass is 728 g/mol. The zero-order valence-electron chi connectivity index (χ0n) is 31.6. The zero-order chi connectivity index (χ0) is 37.8. The molecule has 0 N–H and O–H groups in total. The summed E-state index contributed by atoms with van der Waals surface area (Å²) in [4.78, 5) is 11.0. The highest BCUT2D eigenvalue weighted by Gasteiger charge is 2.41. The highest BCUT2D eigenvalue weighted by molar-refractivity contribution is 6.12. The van der Waals surface area contributed by atoms with Gasteiger partial charge in [-0.05, 0) is 76.2 Å². The number of aromatic nitrogens is 4. The largest absolute Gasteiger partial charge is 0.309 e. The van der Waals surface area contributed by atoms with Crippen molar-refractivity contribution in [2.75, 3.05) is 0 Å². The third-order valence-corrected chi connectivity index (χ3v) is 12.3. The zero-order valence-corrected chi connectivity index (χ0v) is 31.6. The molecule has 0 radical (unpaired) electrons. The molecule has 0 aliphatic heterocycles. The van der Waals surface area contributed by atoms with Crippen molar-refractivity contribution in [1.82, 2.24) is 19.1 Å². The van der Waals surface area contributed by atoms with Gasteiger partial charge in [-0.1, -0.05) is 147 Å². The number of benzene rings is 8. The minimum Gasteiger partial charge on any atom is -0.309 e. The molecule has 57 heavy (non-hydrogen) atoms. The Labute approximate surface area is 329 Å². The fourth-order valence-electron chi connectivity index (χ4n) is 9.71. The van der Waals surface area contributed by atoms with Crippen LogP contribution in [0.15, 0.2) is 182 Å². The Morgan fingerprint density at radius 2 is 1.07 bits per heavy atom. The van der Waals surface area contributed by atoms with Gasteiger partial charge in [0.05, 0.1) is 33.5 Å². The van der Waals surface area contributed by atoms with Crippen LogP contribution in [-0.4, -0.2) is 19.1 Å². The van der Waals surface area contributed by atoms with Crippen LogP contribution in [-0.2, 0) is 5.41 Å². The molecular weight excluding hydrogens is 693 g/mol. The Morgan fingerprint density at radius 3 is 1.88 bits per heavy atom. The van der Waals surface area contributed by atoms with E-state index < -0.39 is 0 Å². The lowest BCUT2D eigenvalue weighted by Gasteiger charge is -2.21. The van der Waals surface area contributed by atoms with E-state index in [9.17, 15) is 0 Å². The van der Waals surface area contributed by atoms with Crippen LogP contribution >= 0.6 is 0 Å². The van der Waals surface area contributed by atoms with Crippen molar-refractivity contribution in [1.29, 1.82) is 0 Å². The summed E-state index contributed by atoms with van der Waals surface area (Å²) in [7, 11) is 0. The van der Waals surface area contributed by atoms with Gasteiger partial charge >= 0.3 is 0 Å². The summed E-state index contributed by atoms with van der Waals surface area (Å²) in [5.74, 6) is 0.680. The van der Waals surface area contributed by atoms with Gasteiger partial charge in [-0.3, -0.25) is 4.57 Å². The fraction of sp³-hybridized carbons (Fsp3) is 0.0566. The minimum atomic E-state index is -0.243. The molecular formula is C53H36N4. The van der Waals surface area contributed by atoms with Crippen LogP contribution in [0.1, 0.15) is 25.0 Å². The molecule has 3 aromatic heterocycles. The quantitative estimate of drug-likeness (QED) is 0.169. The van der Waals surface area contributed by atoms with E-state index in [0.717, 1.165) is 44.1 Å². The number of para-hydroxylation sites is 2. The molecule has 4 nitrogen and oxygen atoms in total. The van der Waals surface area contributed by atoms with Crippen molar-refractivity contribution in [2.24, 2.45) is 0 Å². The maximum absolute atomic E-state index is 5.50. The summed E-state index contributed by atoms with van der Waals surface area (Å²) >= 11 is 0. The molecule has 11 aromatic rings. The van der Waals surface area contributed by atoms with Crippen LogP contribution in [0.5, 0.6) is 0 Å². The van der Waals surface area contributed by atoms with Gasteiger partial charge in [-0.15, -0.1) is 0 Å². The lowest BCUT2D eigenvalue weighted by molar-refractivity contribution is 0.666. The number of fused-ring (bicyclic) bond motifs is 11. The summed E-state index contributed by atoms with van der Waals surface area (Å²) in [6.45, 7) is 4.73. The van der Waals surface area contributed by atoms with Crippen molar-refractivity contribution < 1.29 is 0 Å². The molecule has 1 aliphatic rings. The molecule has 4 heteroatoms. The van der Waals surface area contributed by atoms with Gasteiger partial charge in [-0.2, -0.15) is 0 Å². The first-order chi connectivity index (χ1) is 28.0. The summed E-state index contributed by atoms with van der Waals surface area (Å²) in [5.41, 5.74) is 14.8. The van der Waals surface area contributed by atoms with Crippen LogP contribution in [0.3, 0.4) is 0 Å². The van der Waals surface area contributed by atoms with Crippen LogP contribution in [0.4, 0.5) is 0 Å². The Balaban J connectivity index is 1.14. The lowest BCUT2D eigenvalue weighted by atomic mass is 9.81. The summed E-state index contributed by atoms with van der Waals surface area (Å²) in [5, 5.41) is 7.04. The average Bonchev–Trinajstić information content (AvgIpc) is 3.87. The smallest absolute Gasteiger partial charge is 0.235 e. The van der Waals surface area contributed by atoms with E-state index in [1.54, 1.807) is 0 Å². The first-order valence-electron chi connectivity index (χ1n) is 19.7. The van der Waals surface area contributed by atoms with Gasteiger partial charge in [-0.25, -0.2) is 9.97 Å². The third kappa shape index (κ3) is 4.55. The second-order valence-electron chi connectivity index (χ2n) is 15.8. The Hall–Kier alpha value is -7.30. The van der Waals surface area contributed by atoms with E-state index in [0.29, 0.717) is 5.95 Å². The van der Waals surface area contributed by atoms with Gasteiger partial charge < -0.3 is 4.57 Å². The van der Waals surface area contributed by atoms with E-state index in [-0.39, 0.29) is 5.41 Å². The third-order valence-electron chi connectivity index (χ3n) is 12.3. The van der Waals surface area contributed by atoms with Gasteiger partial charge in [0.15, 0.2) is 0 Å². The Morgan fingerprint density at radius 1 is 0.439 bits per heavy atom. The van der Waals surface area contributed by atoms with Crippen molar-refractivity contribution in [3.8, 4) is 45.3 Å². The van der Waals surface area contributed by atoms with Crippen molar-refractivity contribution in [2.45, 2.75) is 19.3 Å². The van der Waals surface area contributed by atoms with E-state index in [2.05, 4.69) is 205 Å². The Kier molecular flexibility index (Phi) is 6.65. The van der Waals surface area contributed by atoms with Crippen molar-refractivity contribution in [3.05, 3.63) is 193 Å². The van der Waals surface area contributed by atoms with Crippen LogP contribution in [0.2, 0.25) is 0 Å². The Bertz CT molecular complexity index is 3420. The predicted octanol–water partition coefficient (Wildman–Crippen LogP) is 13.5. The van der Waals surface area contributed by atoms with E-state index in [1.807, 2.05) is 0 Å². The maximum atomic E-state index is 5.50. The summed E-state index contributed by atoms with van der Waals surface area (Å²) in [6, 6.07) is 65.6. The topological polar surface area (TPSA) is 35.6 Å². The molecule has 0 fully saturated rings. The predicted molar refractivity (Wildman–Crippen MR) is 237 cm³/mol. The highest BCUT2D eigenvalue weighted by atomic mass is 15.2. The van der Waals surface area contributed by atoms with E-state index in [1.165, 1.54) is 60.7 Å². The van der Waals surface area contributed by atoms with Crippen LogP contribution < -0.4 is 0 Å². The molecule has 1 aliphatic carbocycles. The molecule has 268 valence electrons. The maximum Gasteiger partial charge on any atom is 0.235 e. The molecule has 0 spiro atoms. The molecule has 8 aromatic carbocycles. The number of rotatable bonds is 4. The minimum absolute atomic E-state index is 0.243. The van der Waals surface area contributed by atoms with Crippen LogP contribution in [0.25, 0.3) is 99.7 Å². The summed E-state index contributed by atoms with van der Waals surface area (Å²) < 4.78 is 4.72. The van der Waals surface area contributed by atoms with Gasteiger partial charge in [0, 0.05) is 49.2 Å². The lowest BCUT2D eigenvalue weighted by Crippen LogP contribution is -2.14. The standard InChI is InChI=1S/C53H36N4/c1-53(2)44-23-13-11-22-40(44)51-48(53)43-32-36(35-26-29-46-42(31-35)39-21-12-14-24-45(39)56(46)37-18-7-4-8-19-37)27-30-47(43)57(51)52-54-49(34-16-5-3-6-17-34)41-28-25-33-15-9-10-20-38(33)50(41)55-52/h3-32H,1-2H3. The van der Waals surface area contributed by atoms with E-state index >= 15 is 0 Å². The van der Waals surface area contributed by atoms with Gasteiger partial charge in [0.2, 0.25) is 5.95 Å². The molecule has 0 saturated carbocycles. The first kappa shape index (κ1) is 32.0. The molecule has 0 atom stereocenters. The molecule has 0 unspecified atom stereocenters. The second kappa shape index (κ2) is 11.8. The highest BCUT2D eigenvalue weighted by Crippen LogP contribution is 2.54. The molecule has 12 rings (SSSR count). The molecule has 0 amide bonds. The van der Waals surface area contributed by atoms with Gasteiger partial charge in [0.1, 0.15) is 0 Å². The van der Waals surface area contributed by atoms with E-state index in [4.69, 9.17) is 9.97 Å². The number of hydrogen-bond donors (Lipinski definition) is 0. The number of nitrogens with zero attached hydrogens (tertiary/aromatic N) is 4.